The van der Waals surface area contributed by atoms with E-state index in [1.807, 2.05) is 12.1 Å². The van der Waals surface area contributed by atoms with Crippen LogP contribution in [-0.2, 0) is 14.2 Å². The van der Waals surface area contributed by atoms with Crippen LogP contribution in [0.3, 0.4) is 0 Å². The summed E-state index contributed by atoms with van der Waals surface area (Å²) in [6, 6.07) is 8.09. The van der Waals surface area contributed by atoms with E-state index in [1.165, 1.54) is 0 Å². The maximum absolute atomic E-state index is 10.0. The number of hydrogen-bond acceptors (Lipinski definition) is 5. The Balaban J connectivity index is 1.46. The highest BCUT2D eigenvalue weighted by Crippen LogP contribution is 2.29. The Bertz CT molecular complexity index is 451. The molecule has 3 aliphatic heterocycles. The van der Waals surface area contributed by atoms with Crippen molar-refractivity contribution in [3.8, 4) is 0 Å². The maximum Gasteiger partial charge on any atom is 0.111 e. The summed E-state index contributed by atoms with van der Waals surface area (Å²) < 4.78 is 15.8. The molecule has 0 saturated carbocycles. The highest BCUT2D eigenvalue weighted by Gasteiger charge is 2.33. The molecule has 20 heavy (non-hydrogen) atoms. The van der Waals surface area contributed by atoms with Gasteiger partial charge in [0, 0.05) is 18.8 Å². The molecule has 1 aromatic carbocycles. The van der Waals surface area contributed by atoms with Gasteiger partial charge in [0.2, 0.25) is 0 Å². The Kier molecular flexibility index (Phi) is 3.15. The Morgan fingerprint density at radius 1 is 1.00 bits per heavy atom. The molecule has 0 aromatic heterocycles. The molecule has 5 heteroatoms. The minimum atomic E-state index is -0.504. The van der Waals surface area contributed by atoms with Gasteiger partial charge in [-0.25, -0.2) is 0 Å². The minimum absolute atomic E-state index is 0.0170. The van der Waals surface area contributed by atoms with Crippen molar-refractivity contribution in [2.24, 2.45) is 0 Å². The van der Waals surface area contributed by atoms with Crippen molar-refractivity contribution in [3.63, 3.8) is 0 Å². The Labute approximate surface area is 118 Å². The number of ether oxygens (including phenoxy) is 3. The largest absolute Gasteiger partial charge is 0.386 e. The van der Waals surface area contributed by atoms with Crippen LogP contribution in [0, 0.1) is 0 Å². The van der Waals surface area contributed by atoms with Crippen molar-refractivity contribution in [3.05, 3.63) is 29.8 Å². The highest BCUT2D eigenvalue weighted by atomic mass is 16.6. The number of epoxide rings is 3. The van der Waals surface area contributed by atoms with Gasteiger partial charge in [-0.15, -0.1) is 0 Å². The number of nitrogens with zero attached hydrogens (tertiary/aromatic N) is 1. The first kappa shape index (κ1) is 12.6. The van der Waals surface area contributed by atoms with Gasteiger partial charge in [0.05, 0.1) is 32.0 Å². The molecule has 4 rings (SSSR count). The molecule has 0 radical (unpaired) electrons. The summed E-state index contributed by atoms with van der Waals surface area (Å²) in [6.45, 7) is 4.20. The number of hydrogen-bond donors (Lipinski definition) is 1. The van der Waals surface area contributed by atoms with Crippen LogP contribution in [0.25, 0.3) is 0 Å². The molecule has 5 nitrogen and oxygen atoms in total. The van der Waals surface area contributed by atoms with Gasteiger partial charge in [0.25, 0.3) is 0 Å². The summed E-state index contributed by atoms with van der Waals surface area (Å²) in [4.78, 5) is 2.30. The predicted molar refractivity (Wildman–Crippen MR) is 72.8 cm³/mol. The van der Waals surface area contributed by atoms with Gasteiger partial charge < -0.3 is 24.2 Å². The van der Waals surface area contributed by atoms with E-state index >= 15 is 0 Å². The molecule has 4 atom stereocenters. The quantitative estimate of drug-likeness (QED) is 0.744. The van der Waals surface area contributed by atoms with Crippen LogP contribution in [0.2, 0.25) is 0 Å². The van der Waals surface area contributed by atoms with Gasteiger partial charge in [-0.3, -0.25) is 0 Å². The summed E-state index contributed by atoms with van der Waals surface area (Å²) in [5, 5.41) is 10.0. The van der Waals surface area contributed by atoms with Crippen molar-refractivity contribution in [1.29, 1.82) is 0 Å². The number of benzene rings is 1. The average Bonchev–Trinajstić information content (AvgIpc) is 3.30. The zero-order valence-electron chi connectivity index (χ0n) is 11.3. The van der Waals surface area contributed by atoms with Crippen molar-refractivity contribution in [1.82, 2.24) is 0 Å². The van der Waals surface area contributed by atoms with E-state index in [9.17, 15) is 5.11 Å². The normalized spacial score (nSPS) is 31.8. The van der Waals surface area contributed by atoms with Gasteiger partial charge in [-0.05, 0) is 17.7 Å². The zero-order valence-corrected chi connectivity index (χ0v) is 11.3. The minimum Gasteiger partial charge on any atom is -0.386 e. The number of rotatable bonds is 7. The third kappa shape index (κ3) is 2.96. The molecule has 3 saturated heterocycles. The average molecular weight is 277 g/mol. The standard InChI is InChI=1S/C15H19NO4/c17-15(14-9-20-14)10-1-3-11(4-2-10)16(5-12-7-18-12)6-13-8-19-13/h1-4,12-15,17H,5-9H2/t12-,13?,14?,15?/m1/s1. The topological polar surface area (TPSA) is 61.1 Å². The van der Waals surface area contributed by atoms with Crippen LogP contribution in [0.4, 0.5) is 5.69 Å². The second kappa shape index (κ2) is 5.00. The first-order valence-corrected chi connectivity index (χ1v) is 7.17. The van der Waals surface area contributed by atoms with Crippen molar-refractivity contribution in [2.45, 2.75) is 24.4 Å². The van der Waals surface area contributed by atoms with Crippen molar-refractivity contribution >= 4 is 5.69 Å². The van der Waals surface area contributed by atoms with Crippen LogP contribution in [-0.4, -0.2) is 56.3 Å². The molecule has 0 bridgehead atoms. The third-order valence-corrected chi connectivity index (χ3v) is 3.96. The Morgan fingerprint density at radius 3 is 2.00 bits per heavy atom. The molecular formula is C15H19NO4. The van der Waals surface area contributed by atoms with Crippen LogP contribution in [0.1, 0.15) is 11.7 Å². The lowest BCUT2D eigenvalue weighted by Crippen LogP contribution is -2.31. The molecule has 0 spiro atoms. The number of aliphatic hydroxyl groups excluding tert-OH is 1. The molecule has 3 unspecified atom stereocenters. The van der Waals surface area contributed by atoms with E-state index in [0.717, 1.165) is 37.6 Å². The summed E-state index contributed by atoms with van der Waals surface area (Å²) in [5.74, 6) is 0. The lowest BCUT2D eigenvalue weighted by molar-refractivity contribution is 0.137. The van der Waals surface area contributed by atoms with E-state index in [2.05, 4.69) is 17.0 Å². The zero-order chi connectivity index (χ0) is 13.5. The second-order valence-electron chi connectivity index (χ2n) is 5.72. The van der Waals surface area contributed by atoms with Crippen LogP contribution in [0.15, 0.2) is 24.3 Å². The first-order valence-electron chi connectivity index (χ1n) is 7.17. The fourth-order valence-corrected chi connectivity index (χ4v) is 2.46. The summed E-state index contributed by atoms with van der Waals surface area (Å²) in [6.07, 6.45) is 0.200. The third-order valence-electron chi connectivity index (χ3n) is 3.96. The van der Waals surface area contributed by atoms with Crippen LogP contribution < -0.4 is 4.90 Å². The molecule has 1 aromatic rings. The molecule has 0 amide bonds. The second-order valence-corrected chi connectivity index (χ2v) is 5.72. The van der Waals surface area contributed by atoms with Crippen LogP contribution in [0.5, 0.6) is 0 Å². The van der Waals surface area contributed by atoms with Gasteiger partial charge >= 0.3 is 0 Å². The van der Waals surface area contributed by atoms with Crippen molar-refractivity contribution in [2.75, 3.05) is 37.8 Å². The lowest BCUT2D eigenvalue weighted by Gasteiger charge is -2.23. The van der Waals surface area contributed by atoms with Gasteiger partial charge in [0.15, 0.2) is 0 Å². The summed E-state index contributed by atoms with van der Waals surface area (Å²) >= 11 is 0. The molecule has 3 heterocycles. The lowest BCUT2D eigenvalue weighted by atomic mass is 10.1. The monoisotopic (exact) mass is 277 g/mol. The van der Waals surface area contributed by atoms with Gasteiger partial charge in [-0.1, -0.05) is 12.1 Å². The SMILES string of the molecule is OC(c1ccc(N(CC2CO2)C[C@@H]2CO2)cc1)C1CO1. The van der Waals surface area contributed by atoms with Crippen molar-refractivity contribution < 1.29 is 19.3 Å². The number of aliphatic hydroxyl groups is 1. The molecule has 0 aliphatic carbocycles. The van der Waals surface area contributed by atoms with Crippen LogP contribution >= 0.6 is 0 Å². The Morgan fingerprint density at radius 2 is 1.55 bits per heavy atom. The van der Waals surface area contributed by atoms with Gasteiger partial charge in [0.1, 0.15) is 12.2 Å². The predicted octanol–water partition coefficient (Wildman–Crippen LogP) is 0.723. The molecule has 3 fully saturated rings. The van der Waals surface area contributed by atoms with E-state index in [4.69, 9.17) is 14.2 Å². The van der Waals surface area contributed by atoms with E-state index in [1.54, 1.807) is 0 Å². The molecule has 3 aliphatic rings. The number of anilines is 1. The fraction of sp³-hybridized carbons (Fsp3) is 0.600. The summed E-state index contributed by atoms with van der Waals surface area (Å²) in [5.41, 5.74) is 2.07. The van der Waals surface area contributed by atoms with E-state index in [-0.39, 0.29) is 6.10 Å². The smallest absolute Gasteiger partial charge is 0.111 e. The Hall–Kier alpha value is -1.14. The highest BCUT2D eigenvalue weighted by molar-refractivity contribution is 5.48. The molecule has 108 valence electrons. The molecular weight excluding hydrogens is 258 g/mol. The van der Waals surface area contributed by atoms with E-state index < -0.39 is 6.10 Å². The maximum atomic E-state index is 10.0. The van der Waals surface area contributed by atoms with Gasteiger partial charge in [-0.2, -0.15) is 0 Å². The summed E-state index contributed by atoms with van der Waals surface area (Å²) in [7, 11) is 0. The first-order chi connectivity index (χ1) is 9.79. The fourth-order valence-electron chi connectivity index (χ4n) is 2.46. The molecule has 1 N–H and O–H groups in total. The van der Waals surface area contributed by atoms with E-state index in [0.29, 0.717) is 18.8 Å².